The van der Waals surface area contributed by atoms with Crippen LogP contribution in [0.1, 0.15) is 25.0 Å². The van der Waals surface area contributed by atoms with Crippen LogP contribution in [0, 0.1) is 11.3 Å². The second-order valence-corrected chi connectivity index (χ2v) is 9.33. The van der Waals surface area contributed by atoms with Crippen LogP contribution in [0.25, 0.3) is 17.0 Å². The highest BCUT2D eigenvalue weighted by atomic mass is 35.5. The van der Waals surface area contributed by atoms with Crippen molar-refractivity contribution in [3.63, 3.8) is 0 Å². The number of para-hydroxylation sites is 1. The highest BCUT2D eigenvalue weighted by Crippen LogP contribution is 2.32. The molecular formula is C24H20ClN5OS. The zero-order valence-electron chi connectivity index (χ0n) is 17.5. The first kappa shape index (κ1) is 20.7. The van der Waals surface area contributed by atoms with Gasteiger partial charge in [0.15, 0.2) is 5.84 Å². The Morgan fingerprint density at radius 2 is 1.91 bits per heavy atom. The number of halogens is 1. The number of fused-ring (bicyclic) bond motifs is 2. The van der Waals surface area contributed by atoms with Crippen LogP contribution in [0.4, 0.5) is 0 Å². The Labute approximate surface area is 194 Å². The number of hydrazone groups is 1. The number of aromatic nitrogens is 1. The van der Waals surface area contributed by atoms with Crippen LogP contribution in [0.2, 0.25) is 5.02 Å². The molecule has 2 aliphatic heterocycles. The zero-order valence-corrected chi connectivity index (χ0v) is 19.1. The van der Waals surface area contributed by atoms with E-state index in [0.717, 1.165) is 27.1 Å². The number of carbonyl (C=O) groups is 1. The Kier molecular flexibility index (Phi) is 5.23. The first-order valence-corrected chi connectivity index (χ1v) is 11.4. The number of amides is 1. The molecule has 160 valence electrons. The maximum atomic E-state index is 12.8. The third kappa shape index (κ3) is 3.57. The number of hydrogen-bond acceptors (Lipinski definition) is 4. The van der Waals surface area contributed by atoms with Gasteiger partial charge in [-0.25, -0.2) is 0 Å². The Morgan fingerprint density at radius 1 is 1.16 bits per heavy atom. The third-order valence-corrected chi connectivity index (χ3v) is 6.96. The molecule has 2 aliphatic rings. The summed E-state index contributed by atoms with van der Waals surface area (Å²) < 4.78 is 2.11. The van der Waals surface area contributed by atoms with Crippen LogP contribution in [0.5, 0.6) is 0 Å². The van der Waals surface area contributed by atoms with Crippen molar-refractivity contribution >= 4 is 62.3 Å². The van der Waals surface area contributed by atoms with Gasteiger partial charge in [-0.3, -0.25) is 10.2 Å². The molecule has 3 aromatic rings. The van der Waals surface area contributed by atoms with Gasteiger partial charge in [-0.05, 0) is 35.5 Å². The molecule has 32 heavy (non-hydrogen) atoms. The van der Waals surface area contributed by atoms with Gasteiger partial charge in [0.2, 0.25) is 5.17 Å². The molecule has 0 atom stereocenters. The smallest absolute Gasteiger partial charge is 0.283 e. The average molecular weight is 462 g/mol. The average Bonchev–Trinajstić information content (AvgIpc) is 3.35. The molecule has 0 unspecified atom stereocenters. The molecule has 1 aromatic heterocycles. The van der Waals surface area contributed by atoms with Gasteiger partial charge in [-0.15, -0.1) is 0 Å². The maximum Gasteiger partial charge on any atom is 0.283 e. The maximum absolute atomic E-state index is 12.8. The van der Waals surface area contributed by atoms with Gasteiger partial charge in [0.1, 0.15) is 5.04 Å². The number of thioether (sulfide) groups is 1. The summed E-state index contributed by atoms with van der Waals surface area (Å²) >= 11 is 7.73. The fraction of sp³-hybridized carbons (Fsp3) is 0.167. The number of carbonyl (C=O) groups excluding carboxylic acids is 1. The summed E-state index contributed by atoms with van der Waals surface area (Å²) in [5.41, 5.74) is 3.10. The molecule has 0 spiro atoms. The number of rotatable bonds is 4. The van der Waals surface area contributed by atoms with Crippen LogP contribution >= 0.6 is 23.4 Å². The molecule has 6 nitrogen and oxygen atoms in total. The molecule has 0 saturated heterocycles. The molecule has 0 fully saturated rings. The number of aliphatic imine (C=N–C) groups is 1. The molecule has 0 bridgehead atoms. The Morgan fingerprint density at radius 3 is 2.69 bits per heavy atom. The summed E-state index contributed by atoms with van der Waals surface area (Å²) in [6, 6.07) is 15.7. The number of nitrogens with one attached hydrogen (secondary N) is 1. The largest absolute Gasteiger partial charge is 0.342 e. The van der Waals surface area contributed by atoms with Crippen molar-refractivity contribution in [3.05, 3.63) is 76.5 Å². The van der Waals surface area contributed by atoms with Crippen LogP contribution in [-0.4, -0.2) is 31.5 Å². The number of benzene rings is 2. The molecule has 1 N–H and O–H groups in total. The lowest BCUT2D eigenvalue weighted by Crippen LogP contribution is -2.35. The van der Waals surface area contributed by atoms with Gasteiger partial charge in [0.05, 0.1) is 5.57 Å². The van der Waals surface area contributed by atoms with Crippen molar-refractivity contribution < 1.29 is 4.79 Å². The molecule has 0 saturated carbocycles. The van der Waals surface area contributed by atoms with Crippen molar-refractivity contribution in [1.29, 1.82) is 5.41 Å². The van der Waals surface area contributed by atoms with Crippen molar-refractivity contribution in [1.82, 2.24) is 9.58 Å². The quantitative estimate of drug-likeness (QED) is 0.512. The van der Waals surface area contributed by atoms with E-state index in [1.165, 1.54) is 16.8 Å². The first-order chi connectivity index (χ1) is 15.4. The Hall–Kier alpha value is -3.16. The third-order valence-electron chi connectivity index (χ3n) is 5.38. The molecule has 5 rings (SSSR count). The topological polar surface area (TPSA) is 73.8 Å². The van der Waals surface area contributed by atoms with E-state index in [1.54, 1.807) is 6.08 Å². The monoisotopic (exact) mass is 461 g/mol. The molecule has 0 radical (unpaired) electrons. The van der Waals surface area contributed by atoms with E-state index in [4.69, 9.17) is 17.0 Å². The van der Waals surface area contributed by atoms with Crippen LogP contribution in [0.15, 0.2) is 70.4 Å². The van der Waals surface area contributed by atoms with Gasteiger partial charge in [-0.1, -0.05) is 61.8 Å². The normalized spacial score (nSPS) is 17.4. The number of nitrogens with zero attached hydrogens (tertiary/aromatic N) is 4. The summed E-state index contributed by atoms with van der Waals surface area (Å²) in [5, 5.41) is 17.6. The zero-order chi connectivity index (χ0) is 22.4. The molecule has 2 aromatic carbocycles. The second-order valence-electron chi connectivity index (χ2n) is 7.93. The molecule has 8 heteroatoms. The van der Waals surface area contributed by atoms with Crippen LogP contribution < -0.4 is 0 Å². The molecule has 3 heterocycles. The van der Waals surface area contributed by atoms with Gasteiger partial charge in [-0.2, -0.15) is 15.1 Å². The summed E-state index contributed by atoms with van der Waals surface area (Å²) in [6.45, 7) is 4.66. The van der Waals surface area contributed by atoms with Crippen molar-refractivity contribution in [2.24, 2.45) is 16.0 Å². The minimum absolute atomic E-state index is 0.0473. The minimum atomic E-state index is -0.420. The molecule has 0 aliphatic carbocycles. The van der Waals surface area contributed by atoms with E-state index in [0.29, 0.717) is 16.7 Å². The number of amidine groups is 2. The highest BCUT2D eigenvalue weighted by Gasteiger charge is 2.36. The summed E-state index contributed by atoms with van der Waals surface area (Å²) in [7, 11) is 0. The Bertz CT molecular complexity index is 1370. The van der Waals surface area contributed by atoms with Crippen LogP contribution in [0.3, 0.4) is 0 Å². The van der Waals surface area contributed by atoms with E-state index in [-0.39, 0.29) is 17.3 Å². The predicted molar refractivity (Wildman–Crippen MR) is 132 cm³/mol. The lowest BCUT2D eigenvalue weighted by molar-refractivity contribution is -0.114. The summed E-state index contributed by atoms with van der Waals surface area (Å²) in [6.07, 6.45) is 3.73. The van der Waals surface area contributed by atoms with Gasteiger partial charge >= 0.3 is 0 Å². The van der Waals surface area contributed by atoms with Gasteiger partial charge in [0, 0.05) is 40.1 Å². The van der Waals surface area contributed by atoms with Gasteiger partial charge in [0.25, 0.3) is 5.91 Å². The minimum Gasteiger partial charge on any atom is -0.342 e. The fourth-order valence-electron chi connectivity index (χ4n) is 3.73. The summed E-state index contributed by atoms with van der Waals surface area (Å²) in [4.78, 5) is 17.0. The predicted octanol–water partition coefficient (Wildman–Crippen LogP) is 5.62. The highest BCUT2D eigenvalue weighted by molar-refractivity contribution is 8.27. The van der Waals surface area contributed by atoms with Gasteiger partial charge < -0.3 is 4.57 Å². The Balaban J connectivity index is 1.57. The lowest BCUT2D eigenvalue weighted by atomic mass is 10.1. The number of hydrogen-bond donors (Lipinski definition) is 1. The second kappa shape index (κ2) is 8.07. The van der Waals surface area contributed by atoms with Crippen molar-refractivity contribution in [2.45, 2.75) is 20.4 Å². The van der Waals surface area contributed by atoms with E-state index >= 15 is 0 Å². The van der Waals surface area contributed by atoms with E-state index in [9.17, 15) is 4.79 Å². The van der Waals surface area contributed by atoms with Crippen molar-refractivity contribution in [2.75, 3.05) is 0 Å². The SMILES string of the molecule is CC(C)C1=NN2C(=N)/C(=C\c3cn(Cc4ccccc4Cl)c4ccccc34)C(=O)N=C2S1. The van der Waals surface area contributed by atoms with E-state index < -0.39 is 5.91 Å². The molecular weight excluding hydrogens is 442 g/mol. The van der Waals surface area contributed by atoms with E-state index in [1.807, 2.05) is 68.6 Å². The lowest BCUT2D eigenvalue weighted by Gasteiger charge is -2.20. The standard InChI is InChI=1S/C24H20ClN5OS/c1-14(2)23-28-30-21(26)18(22(31)27-24(30)32-23)11-16-13-29(20-10-6-4-8-17(16)20)12-15-7-3-5-9-19(15)25/h3-11,13-14,26H,12H2,1-2H3/b18-11+,26-21?. The first-order valence-electron chi connectivity index (χ1n) is 10.2. The van der Waals surface area contributed by atoms with Crippen molar-refractivity contribution in [3.8, 4) is 0 Å². The summed E-state index contributed by atoms with van der Waals surface area (Å²) in [5.74, 6) is -0.172. The van der Waals surface area contributed by atoms with E-state index in [2.05, 4.69) is 14.7 Å². The van der Waals surface area contributed by atoms with Crippen LogP contribution in [-0.2, 0) is 11.3 Å². The fourth-order valence-corrected chi connectivity index (χ4v) is 4.81. The molecule has 1 amide bonds.